The van der Waals surface area contributed by atoms with Crippen molar-refractivity contribution in [3.8, 4) is 0 Å². The highest BCUT2D eigenvalue weighted by atomic mass is 16.1. The van der Waals surface area contributed by atoms with Crippen molar-refractivity contribution in [1.29, 1.82) is 0 Å². The van der Waals surface area contributed by atoms with Crippen molar-refractivity contribution in [3.63, 3.8) is 0 Å². The van der Waals surface area contributed by atoms with E-state index in [4.69, 9.17) is 0 Å². The van der Waals surface area contributed by atoms with Gasteiger partial charge in [0.15, 0.2) is 0 Å². The summed E-state index contributed by atoms with van der Waals surface area (Å²) in [4.78, 5) is 12.0. The maximum absolute atomic E-state index is 12.0. The van der Waals surface area contributed by atoms with Crippen LogP contribution in [0.1, 0.15) is 28.4 Å². The third-order valence-corrected chi connectivity index (χ3v) is 3.23. The molecule has 0 unspecified atom stereocenters. The van der Waals surface area contributed by atoms with Crippen LogP contribution < -0.4 is 10.6 Å². The molecule has 2 aromatic rings. The largest absolute Gasteiger partial charge is 0.342 e. The first kappa shape index (κ1) is 14.9. The lowest BCUT2D eigenvalue weighted by atomic mass is 10.1. The molecule has 1 amide bonds. The monoisotopic (exact) mass is 280 g/mol. The Morgan fingerprint density at radius 3 is 2.52 bits per heavy atom. The van der Waals surface area contributed by atoms with Crippen molar-refractivity contribution in [1.82, 2.24) is 5.32 Å². The van der Waals surface area contributed by atoms with Gasteiger partial charge in [0, 0.05) is 11.3 Å². The smallest absolute Gasteiger partial charge is 0.256 e. The van der Waals surface area contributed by atoms with Gasteiger partial charge in [-0.05, 0) is 37.1 Å². The van der Waals surface area contributed by atoms with Gasteiger partial charge in [-0.15, -0.1) is 0 Å². The molecule has 0 aliphatic heterocycles. The van der Waals surface area contributed by atoms with Gasteiger partial charge in [0.2, 0.25) is 0 Å². The van der Waals surface area contributed by atoms with Crippen LogP contribution in [-0.4, -0.2) is 5.91 Å². The Hall–Kier alpha value is -2.55. The van der Waals surface area contributed by atoms with E-state index in [-0.39, 0.29) is 5.91 Å². The minimum Gasteiger partial charge on any atom is -0.342 e. The fraction of sp³-hybridized carbons (Fsp3) is 0.167. The van der Waals surface area contributed by atoms with Crippen LogP contribution in [0.5, 0.6) is 0 Å². The van der Waals surface area contributed by atoms with E-state index in [1.165, 1.54) is 11.1 Å². The molecule has 2 rings (SSSR count). The molecule has 0 aliphatic carbocycles. The zero-order valence-corrected chi connectivity index (χ0v) is 12.4. The molecular weight excluding hydrogens is 260 g/mol. The highest BCUT2D eigenvalue weighted by Crippen LogP contribution is 2.19. The summed E-state index contributed by atoms with van der Waals surface area (Å²) in [6, 6.07) is 15.3. The molecule has 0 spiro atoms. The fourth-order valence-corrected chi connectivity index (χ4v) is 2.13. The van der Waals surface area contributed by atoms with Crippen LogP contribution in [0.15, 0.2) is 60.9 Å². The first-order valence-corrected chi connectivity index (χ1v) is 7.02. The minimum absolute atomic E-state index is 0.168. The van der Waals surface area contributed by atoms with E-state index >= 15 is 0 Å². The lowest BCUT2D eigenvalue weighted by molar-refractivity contribution is 0.0966. The number of hydrogen-bond donors (Lipinski definition) is 2. The number of benzene rings is 2. The summed E-state index contributed by atoms with van der Waals surface area (Å²) >= 11 is 0. The molecule has 0 radical (unpaired) electrons. The highest BCUT2D eigenvalue weighted by Gasteiger charge is 2.07. The maximum atomic E-state index is 12.0. The minimum atomic E-state index is -0.168. The van der Waals surface area contributed by atoms with Gasteiger partial charge in [-0.2, -0.15) is 0 Å². The van der Waals surface area contributed by atoms with Gasteiger partial charge in [-0.25, -0.2) is 0 Å². The Balaban J connectivity index is 2.04. The van der Waals surface area contributed by atoms with Crippen molar-refractivity contribution in [2.75, 3.05) is 5.32 Å². The molecule has 0 aromatic heterocycles. The fourth-order valence-electron chi connectivity index (χ4n) is 2.13. The Kier molecular flexibility index (Phi) is 4.77. The summed E-state index contributed by atoms with van der Waals surface area (Å²) in [6.45, 7) is 8.04. The summed E-state index contributed by atoms with van der Waals surface area (Å²) < 4.78 is 0. The maximum Gasteiger partial charge on any atom is 0.256 e. The van der Waals surface area contributed by atoms with E-state index in [2.05, 4.69) is 37.1 Å². The van der Waals surface area contributed by atoms with Gasteiger partial charge in [0.25, 0.3) is 5.91 Å². The molecule has 0 saturated heterocycles. The van der Waals surface area contributed by atoms with Crippen LogP contribution in [0.4, 0.5) is 5.69 Å². The van der Waals surface area contributed by atoms with Gasteiger partial charge in [-0.1, -0.05) is 49.4 Å². The zero-order valence-electron chi connectivity index (χ0n) is 12.4. The highest BCUT2D eigenvalue weighted by molar-refractivity contribution is 5.95. The van der Waals surface area contributed by atoms with Crippen LogP contribution in [-0.2, 0) is 6.42 Å². The SMILES string of the molecule is C=C(NC(=O)c1ccccc1)Nc1ccc(C)cc1CC. The molecule has 0 fully saturated rings. The molecule has 3 heteroatoms. The number of carbonyl (C=O) groups is 1. The second kappa shape index (κ2) is 6.75. The number of hydrogen-bond acceptors (Lipinski definition) is 2. The van der Waals surface area contributed by atoms with Crippen molar-refractivity contribution >= 4 is 11.6 Å². The molecule has 2 N–H and O–H groups in total. The van der Waals surface area contributed by atoms with E-state index < -0.39 is 0 Å². The summed E-state index contributed by atoms with van der Waals surface area (Å²) in [5.74, 6) is 0.306. The van der Waals surface area contributed by atoms with Crippen LogP contribution in [0.25, 0.3) is 0 Å². The molecule has 21 heavy (non-hydrogen) atoms. The second-order valence-electron chi connectivity index (χ2n) is 4.94. The Labute approximate surface area is 125 Å². The number of anilines is 1. The van der Waals surface area contributed by atoms with Gasteiger partial charge >= 0.3 is 0 Å². The van der Waals surface area contributed by atoms with Gasteiger partial charge in [0.1, 0.15) is 5.82 Å². The number of aryl methyl sites for hydroxylation is 2. The van der Waals surface area contributed by atoms with Crippen molar-refractivity contribution in [2.45, 2.75) is 20.3 Å². The average Bonchev–Trinajstić information content (AvgIpc) is 2.49. The van der Waals surface area contributed by atoms with Crippen LogP contribution in [0.3, 0.4) is 0 Å². The third kappa shape index (κ3) is 3.96. The summed E-state index contributed by atoms with van der Waals surface area (Å²) in [7, 11) is 0. The van der Waals surface area contributed by atoms with Crippen LogP contribution in [0, 0.1) is 6.92 Å². The lowest BCUT2D eigenvalue weighted by Crippen LogP contribution is -2.26. The Morgan fingerprint density at radius 2 is 1.86 bits per heavy atom. The molecule has 108 valence electrons. The predicted octanol–water partition coefficient (Wildman–Crippen LogP) is 3.87. The van der Waals surface area contributed by atoms with Crippen molar-refractivity contribution in [2.24, 2.45) is 0 Å². The molecule has 2 aromatic carbocycles. The molecule has 0 heterocycles. The quantitative estimate of drug-likeness (QED) is 0.873. The van der Waals surface area contributed by atoms with E-state index in [1.807, 2.05) is 30.3 Å². The number of carbonyl (C=O) groups excluding carboxylic acids is 1. The van der Waals surface area contributed by atoms with Crippen molar-refractivity contribution < 1.29 is 4.79 Å². The zero-order chi connectivity index (χ0) is 15.2. The van der Waals surface area contributed by atoms with E-state index in [0.29, 0.717) is 11.4 Å². The van der Waals surface area contributed by atoms with Gasteiger partial charge in [-0.3, -0.25) is 4.79 Å². The average molecular weight is 280 g/mol. The lowest BCUT2D eigenvalue weighted by Gasteiger charge is -2.14. The molecule has 0 atom stereocenters. The number of nitrogens with one attached hydrogen (secondary N) is 2. The summed E-state index contributed by atoms with van der Waals surface area (Å²) in [6.07, 6.45) is 0.921. The molecular formula is C18H20N2O. The topological polar surface area (TPSA) is 41.1 Å². The molecule has 0 saturated carbocycles. The normalized spacial score (nSPS) is 10.0. The van der Waals surface area contributed by atoms with E-state index in [1.54, 1.807) is 12.1 Å². The van der Waals surface area contributed by atoms with Gasteiger partial charge < -0.3 is 10.6 Å². The van der Waals surface area contributed by atoms with Crippen LogP contribution >= 0.6 is 0 Å². The Bertz CT molecular complexity index is 648. The number of rotatable bonds is 5. The Morgan fingerprint density at radius 1 is 1.14 bits per heavy atom. The second-order valence-corrected chi connectivity index (χ2v) is 4.94. The van der Waals surface area contributed by atoms with E-state index in [9.17, 15) is 4.79 Å². The number of amides is 1. The van der Waals surface area contributed by atoms with Gasteiger partial charge in [0.05, 0.1) is 0 Å². The van der Waals surface area contributed by atoms with Crippen LogP contribution in [0.2, 0.25) is 0 Å². The standard InChI is InChI=1S/C18H20N2O/c1-4-15-12-13(2)10-11-17(15)19-14(3)20-18(21)16-8-6-5-7-9-16/h5-12,19H,3-4H2,1-2H3,(H,20,21). The summed E-state index contributed by atoms with van der Waals surface area (Å²) in [5, 5.41) is 5.93. The first-order valence-electron chi connectivity index (χ1n) is 7.02. The third-order valence-electron chi connectivity index (χ3n) is 3.23. The molecule has 3 nitrogen and oxygen atoms in total. The first-order chi connectivity index (χ1) is 10.1. The predicted molar refractivity (Wildman–Crippen MR) is 87.2 cm³/mol. The van der Waals surface area contributed by atoms with E-state index in [0.717, 1.165) is 12.1 Å². The summed E-state index contributed by atoms with van der Waals surface area (Å²) in [5.41, 5.74) is 4.00. The molecule has 0 bridgehead atoms. The molecule has 0 aliphatic rings. The van der Waals surface area contributed by atoms with Crippen molar-refractivity contribution in [3.05, 3.63) is 77.6 Å².